The van der Waals surface area contributed by atoms with Crippen molar-refractivity contribution in [1.82, 2.24) is 14.7 Å². The van der Waals surface area contributed by atoms with Crippen molar-refractivity contribution in [2.45, 2.75) is 12.3 Å². The predicted octanol–water partition coefficient (Wildman–Crippen LogP) is 1.43. The van der Waals surface area contributed by atoms with E-state index in [1.165, 1.54) is 0 Å². The highest BCUT2D eigenvalue weighted by Gasteiger charge is 2.44. The van der Waals surface area contributed by atoms with Gasteiger partial charge in [0.05, 0.1) is 26.0 Å². The predicted molar refractivity (Wildman–Crippen MR) is 105 cm³/mol. The molecule has 2 unspecified atom stereocenters. The van der Waals surface area contributed by atoms with E-state index < -0.39 is 0 Å². The van der Waals surface area contributed by atoms with Crippen LogP contribution in [0, 0.1) is 5.92 Å². The summed E-state index contributed by atoms with van der Waals surface area (Å²) in [5.74, 6) is 0.235. The van der Waals surface area contributed by atoms with Gasteiger partial charge in [-0.05, 0) is 42.2 Å². The quantitative estimate of drug-likeness (QED) is 0.788. The van der Waals surface area contributed by atoms with Crippen LogP contribution in [0.1, 0.15) is 17.9 Å². The number of morpholine rings is 1. The van der Waals surface area contributed by atoms with Crippen molar-refractivity contribution in [2.75, 3.05) is 43.5 Å². The van der Waals surface area contributed by atoms with Crippen LogP contribution in [0.15, 0.2) is 36.7 Å². The minimum atomic E-state index is -0.0454. The van der Waals surface area contributed by atoms with Crippen LogP contribution in [0.25, 0.3) is 0 Å². The van der Waals surface area contributed by atoms with E-state index in [2.05, 4.69) is 20.6 Å². The first kappa shape index (κ1) is 18.6. The van der Waals surface area contributed by atoms with E-state index in [1.54, 1.807) is 16.8 Å². The first-order valence-electron chi connectivity index (χ1n) is 9.58. The van der Waals surface area contributed by atoms with Gasteiger partial charge in [0.15, 0.2) is 0 Å². The molecule has 4 rings (SSSR count). The van der Waals surface area contributed by atoms with E-state index >= 15 is 0 Å². The van der Waals surface area contributed by atoms with E-state index in [0.717, 1.165) is 36.4 Å². The maximum absolute atomic E-state index is 12.4. The number of aromatic nitrogens is 2. The van der Waals surface area contributed by atoms with Gasteiger partial charge in [-0.3, -0.25) is 19.2 Å². The summed E-state index contributed by atoms with van der Waals surface area (Å²) in [6.07, 6.45) is 4.64. The van der Waals surface area contributed by atoms with Gasteiger partial charge in [-0.1, -0.05) is 0 Å². The zero-order valence-electron chi connectivity index (χ0n) is 15.9. The third kappa shape index (κ3) is 4.58. The van der Waals surface area contributed by atoms with Crippen molar-refractivity contribution in [3.63, 3.8) is 0 Å². The first-order chi connectivity index (χ1) is 13.6. The normalized spacial score (nSPS) is 21.9. The average molecular weight is 383 g/mol. The Morgan fingerprint density at radius 3 is 2.46 bits per heavy atom. The number of amides is 2. The molecule has 1 aliphatic carbocycles. The maximum atomic E-state index is 12.4. The van der Waals surface area contributed by atoms with Crippen molar-refractivity contribution in [2.24, 2.45) is 13.0 Å². The molecule has 1 saturated carbocycles. The minimum Gasteiger partial charge on any atom is -0.379 e. The van der Waals surface area contributed by atoms with E-state index in [9.17, 15) is 9.59 Å². The Hall–Kier alpha value is -2.71. The van der Waals surface area contributed by atoms with Crippen LogP contribution < -0.4 is 10.6 Å². The lowest BCUT2D eigenvalue weighted by Crippen LogP contribution is -2.41. The number of nitrogens with one attached hydrogen (secondary N) is 2. The fraction of sp³-hybridized carbons (Fsp3) is 0.450. The van der Waals surface area contributed by atoms with Gasteiger partial charge in [-0.15, -0.1) is 0 Å². The van der Waals surface area contributed by atoms with Crippen LogP contribution in [-0.4, -0.2) is 59.3 Å². The highest BCUT2D eigenvalue weighted by atomic mass is 16.5. The van der Waals surface area contributed by atoms with Gasteiger partial charge in [0, 0.05) is 43.6 Å². The number of ether oxygens (including phenoxy) is 1. The minimum absolute atomic E-state index is 0.00268. The molecule has 2 amide bonds. The number of benzene rings is 1. The maximum Gasteiger partial charge on any atom is 0.238 e. The molecule has 0 spiro atoms. The van der Waals surface area contributed by atoms with E-state index in [4.69, 9.17) is 4.74 Å². The molecule has 8 heteroatoms. The first-order valence-corrected chi connectivity index (χ1v) is 9.58. The Morgan fingerprint density at radius 1 is 1.14 bits per heavy atom. The molecule has 2 heterocycles. The molecule has 148 valence electrons. The van der Waals surface area contributed by atoms with Crippen LogP contribution in [0.5, 0.6) is 0 Å². The molecular formula is C20H25N5O3. The molecular weight excluding hydrogens is 358 g/mol. The highest BCUT2D eigenvalue weighted by Crippen LogP contribution is 2.47. The Morgan fingerprint density at radius 2 is 1.82 bits per heavy atom. The number of hydrogen-bond donors (Lipinski definition) is 2. The Balaban J connectivity index is 1.25. The number of carbonyl (C=O) groups excluding carboxylic acids is 2. The van der Waals surface area contributed by atoms with Gasteiger partial charge in [0.1, 0.15) is 0 Å². The van der Waals surface area contributed by atoms with Gasteiger partial charge in [-0.25, -0.2) is 0 Å². The van der Waals surface area contributed by atoms with Crippen molar-refractivity contribution in [1.29, 1.82) is 0 Å². The average Bonchev–Trinajstić information content (AvgIpc) is 3.38. The lowest BCUT2D eigenvalue weighted by molar-refractivity contribution is -0.118. The summed E-state index contributed by atoms with van der Waals surface area (Å²) in [6, 6.07) is 7.23. The molecule has 28 heavy (non-hydrogen) atoms. The number of hydrogen-bond acceptors (Lipinski definition) is 5. The Labute approximate surface area is 163 Å². The Bertz CT molecular complexity index is 842. The molecule has 1 aliphatic heterocycles. The standard InChI is InChI=1S/C20H25N5O3/c1-24-12-14(11-21-24)17-10-18(17)20(27)23-16-4-2-15(3-5-16)22-19(26)13-25-6-8-28-9-7-25/h2-5,11-12,17-18H,6-10,13H2,1H3,(H,22,26)(H,23,27). The fourth-order valence-corrected chi connectivity index (χ4v) is 3.52. The van der Waals surface area contributed by atoms with Crippen molar-refractivity contribution in [3.05, 3.63) is 42.2 Å². The number of nitrogens with zero attached hydrogens (tertiary/aromatic N) is 3. The second kappa shape index (κ2) is 8.12. The van der Waals surface area contributed by atoms with Gasteiger partial charge >= 0.3 is 0 Å². The molecule has 0 bridgehead atoms. The number of rotatable bonds is 6. The van der Waals surface area contributed by atoms with E-state index in [1.807, 2.05) is 31.6 Å². The van der Waals surface area contributed by atoms with E-state index in [0.29, 0.717) is 19.8 Å². The second-order valence-electron chi connectivity index (χ2n) is 7.40. The summed E-state index contributed by atoms with van der Waals surface area (Å²) in [7, 11) is 1.88. The summed E-state index contributed by atoms with van der Waals surface area (Å²) >= 11 is 0. The lowest BCUT2D eigenvalue weighted by atomic mass is 10.2. The molecule has 1 aromatic heterocycles. The number of anilines is 2. The summed E-state index contributed by atoms with van der Waals surface area (Å²) in [5.41, 5.74) is 2.56. The molecule has 8 nitrogen and oxygen atoms in total. The summed E-state index contributed by atoms with van der Waals surface area (Å²) in [5, 5.41) is 10.0. The largest absolute Gasteiger partial charge is 0.379 e. The van der Waals surface area contributed by atoms with Gasteiger partial charge < -0.3 is 15.4 Å². The van der Waals surface area contributed by atoms with Gasteiger partial charge in [0.25, 0.3) is 0 Å². The van der Waals surface area contributed by atoms with Crippen LogP contribution in [0.3, 0.4) is 0 Å². The highest BCUT2D eigenvalue weighted by molar-refractivity contribution is 5.96. The molecule has 2 aliphatic rings. The smallest absolute Gasteiger partial charge is 0.238 e. The third-order valence-electron chi connectivity index (χ3n) is 5.19. The molecule has 2 atom stereocenters. The molecule has 0 radical (unpaired) electrons. The molecule has 2 N–H and O–H groups in total. The van der Waals surface area contributed by atoms with Crippen LogP contribution in [0.2, 0.25) is 0 Å². The Kier molecular flexibility index (Phi) is 5.40. The summed E-state index contributed by atoms with van der Waals surface area (Å²) < 4.78 is 7.04. The molecule has 1 aromatic carbocycles. The fourth-order valence-electron chi connectivity index (χ4n) is 3.52. The molecule has 1 saturated heterocycles. The summed E-state index contributed by atoms with van der Waals surface area (Å²) in [6.45, 7) is 3.26. The van der Waals surface area contributed by atoms with Crippen molar-refractivity contribution < 1.29 is 14.3 Å². The van der Waals surface area contributed by atoms with Crippen LogP contribution >= 0.6 is 0 Å². The van der Waals surface area contributed by atoms with Crippen LogP contribution in [-0.2, 0) is 21.4 Å². The zero-order chi connectivity index (χ0) is 19.5. The van der Waals surface area contributed by atoms with E-state index in [-0.39, 0.29) is 23.7 Å². The van der Waals surface area contributed by atoms with Crippen molar-refractivity contribution >= 4 is 23.2 Å². The number of aryl methyl sites for hydroxylation is 1. The van der Waals surface area contributed by atoms with Crippen LogP contribution in [0.4, 0.5) is 11.4 Å². The number of carbonyl (C=O) groups is 2. The third-order valence-corrected chi connectivity index (χ3v) is 5.19. The molecule has 2 aromatic rings. The van der Waals surface area contributed by atoms with Crippen molar-refractivity contribution in [3.8, 4) is 0 Å². The summed E-state index contributed by atoms with van der Waals surface area (Å²) in [4.78, 5) is 26.6. The van der Waals surface area contributed by atoms with Gasteiger partial charge in [-0.2, -0.15) is 5.10 Å². The van der Waals surface area contributed by atoms with Gasteiger partial charge in [0.2, 0.25) is 11.8 Å². The lowest BCUT2D eigenvalue weighted by Gasteiger charge is -2.25. The second-order valence-corrected chi connectivity index (χ2v) is 7.40. The SMILES string of the molecule is Cn1cc(C2CC2C(=O)Nc2ccc(NC(=O)CN3CCOCC3)cc2)cn1. The zero-order valence-corrected chi connectivity index (χ0v) is 15.9. The topological polar surface area (TPSA) is 88.5 Å². The molecule has 2 fully saturated rings. The monoisotopic (exact) mass is 383 g/mol.